The molecule has 0 saturated heterocycles. The minimum absolute atomic E-state index is 0.00102. The fourth-order valence-electron chi connectivity index (χ4n) is 2.29. The van der Waals surface area contributed by atoms with Gasteiger partial charge in [0, 0.05) is 0 Å². The lowest BCUT2D eigenvalue weighted by atomic mass is 9.88. The first-order chi connectivity index (χ1) is 10.5. The molecule has 0 radical (unpaired) electrons. The Morgan fingerprint density at radius 2 is 1.26 bits per heavy atom. The van der Waals surface area contributed by atoms with Gasteiger partial charge in [0.15, 0.2) is 0 Å². The molecular formula is C17H15F5O. The Hall–Kier alpha value is -1.95. The molecule has 0 aromatic heterocycles. The molecule has 0 fully saturated rings. The summed E-state index contributed by atoms with van der Waals surface area (Å²) in [4.78, 5) is 0. The fourth-order valence-corrected chi connectivity index (χ4v) is 2.29. The zero-order valence-electron chi connectivity index (χ0n) is 12.2. The van der Waals surface area contributed by atoms with Crippen molar-refractivity contribution in [3.63, 3.8) is 0 Å². The highest BCUT2D eigenvalue weighted by molar-refractivity contribution is 5.63. The van der Waals surface area contributed by atoms with Crippen LogP contribution in [0, 0.1) is 0 Å². The van der Waals surface area contributed by atoms with Gasteiger partial charge in [0.2, 0.25) is 0 Å². The van der Waals surface area contributed by atoms with Gasteiger partial charge in [-0.2, -0.15) is 22.0 Å². The third-order valence-corrected chi connectivity index (χ3v) is 3.59. The van der Waals surface area contributed by atoms with Crippen molar-refractivity contribution in [3.8, 4) is 11.1 Å². The second-order valence-electron chi connectivity index (χ2n) is 5.60. The molecule has 0 aliphatic heterocycles. The number of alkyl halides is 5. The van der Waals surface area contributed by atoms with Gasteiger partial charge in [-0.25, -0.2) is 0 Å². The molecular weight excluding hydrogens is 315 g/mol. The smallest absolute Gasteiger partial charge is 0.385 e. The van der Waals surface area contributed by atoms with E-state index in [0.717, 1.165) is 18.1 Å². The SMILES string of the molecule is CC(O)(CC(F)(F)C(F)(F)F)c1ccc(-c2ccccc2)cc1. The van der Waals surface area contributed by atoms with Gasteiger partial charge in [-0.15, -0.1) is 0 Å². The maximum Gasteiger partial charge on any atom is 0.453 e. The molecule has 0 heterocycles. The largest absolute Gasteiger partial charge is 0.453 e. The molecule has 1 atom stereocenters. The van der Waals surface area contributed by atoms with Crippen LogP contribution in [-0.2, 0) is 5.60 Å². The first-order valence-corrected chi connectivity index (χ1v) is 6.86. The van der Waals surface area contributed by atoms with Gasteiger partial charge in [0.05, 0.1) is 12.0 Å². The van der Waals surface area contributed by atoms with Crippen LogP contribution in [0.25, 0.3) is 11.1 Å². The summed E-state index contributed by atoms with van der Waals surface area (Å²) in [5.41, 5.74) is -0.651. The highest BCUT2D eigenvalue weighted by atomic mass is 19.4. The molecule has 1 N–H and O–H groups in total. The maximum absolute atomic E-state index is 13.2. The summed E-state index contributed by atoms with van der Waals surface area (Å²) in [5, 5.41) is 10.1. The number of hydrogen-bond acceptors (Lipinski definition) is 1. The van der Waals surface area contributed by atoms with E-state index < -0.39 is 24.1 Å². The van der Waals surface area contributed by atoms with Crippen LogP contribution in [0.4, 0.5) is 22.0 Å². The monoisotopic (exact) mass is 330 g/mol. The van der Waals surface area contributed by atoms with Crippen LogP contribution in [-0.4, -0.2) is 17.2 Å². The van der Waals surface area contributed by atoms with Crippen molar-refractivity contribution in [2.45, 2.75) is 31.0 Å². The van der Waals surface area contributed by atoms with Crippen molar-refractivity contribution in [3.05, 3.63) is 60.2 Å². The van der Waals surface area contributed by atoms with Gasteiger partial charge in [-0.1, -0.05) is 54.6 Å². The average molecular weight is 330 g/mol. The second kappa shape index (κ2) is 5.92. The molecule has 6 heteroatoms. The van der Waals surface area contributed by atoms with Gasteiger partial charge in [-0.3, -0.25) is 0 Å². The first-order valence-electron chi connectivity index (χ1n) is 6.86. The normalized spacial score (nSPS) is 15.3. The number of hydrogen-bond donors (Lipinski definition) is 1. The maximum atomic E-state index is 13.2. The van der Waals surface area contributed by atoms with E-state index in [1.807, 2.05) is 30.3 Å². The van der Waals surface area contributed by atoms with Crippen LogP contribution in [0.2, 0.25) is 0 Å². The topological polar surface area (TPSA) is 20.2 Å². The van der Waals surface area contributed by atoms with E-state index in [1.54, 1.807) is 12.1 Å². The van der Waals surface area contributed by atoms with Crippen LogP contribution in [0.3, 0.4) is 0 Å². The average Bonchev–Trinajstić information content (AvgIpc) is 2.46. The van der Waals surface area contributed by atoms with Gasteiger partial charge >= 0.3 is 12.1 Å². The Balaban J connectivity index is 2.24. The minimum atomic E-state index is -5.69. The molecule has 0 bridgehead atoms. The second-order valence-corrected chi connectivity index (χ2v) is 5.60. The molecule has 0 aliphatic carbocycles. The third-order valence-electron chi connectivity index (χ3n) is 3.59. The molecule has 124 valence electrons. The van der Waals surface area contributed by atoms with Gasteiger partial charge in [-0.05, 0) is 23.6 Å². The van der Waals surface area contributed by atoms with E-state index in [1.165, 1.54) is 12.1 Å². The fraction of sp³-hybridized carbons (Fsp3) is 0.294. The Morgan fingerprint density at radius 1 is 0.783 bits per heavy atom. The minimum Gasteiger partial charge on any atom is -0.385 e. The third kappa shape index (κ3) is 3.88. The summed E-state index contributed by atoms with van der Waals surface area (Å²) >= 11 is 0. The number of benzene rings is 2. The summed E-state index contributed by atoms with van der Waals surface area (Å²) in [5.74, 6) is -4.96. The van der Waals surface area contributed by atoms with E-state index in [-0.39, 0.29) is 5.56 Å². The molecule has 0 spiro atoms. The Kier molecular flexibility index (Phi) is 4.48. The van der Waals surface area contributed by atoms with Gasteiger partial charge in [0.25, 0.3) is 0 Å². The van der Waals surface area contributed by atoms with Crippen molar-refractivity contribution in [1.29, 1.82) is 0 Å². The van der Waals surface area contributed by atoms with E-state index in [2.05, 4.69) is 0 Å². The van der Waals surface area contributed by atoms with E-state index in [9.17, 15) is 27.1 Å². The lowest BCUT2D eigenvalue weighted by Crippen LogP contribution is -2.42. The summed E-state index contributed by atoms with van der Waals surface area (Å²) in [7, 11) is 0. The Bertz CT molecular complexity index is 645. The summed E-state index contributed by atoms with van der Waals surface area (Å²) in [6.07, 6.45) is -7.42. The van der Waals surface area contributed by atoms with E-state index in [4.69, 9.17) is 0 Å². The molecule has 2 aromatic rings. The van der Waals surface area contributed by atoms with Crippen LogP contribution in [0.15, 0.2) is 54.6 Å². The number of aliphatic hydroxyl groups is 1. The zero-order chi connectivity index (χ0) is 17.3. The first kappa shape index (κ1) is 17.4. The summed E-state index contributed by atoms with van der Waals surface area (Å²) in [6, 6.07) is 15.0. The molecule has 1 nitrogen and oxygen atoms in total. The van der Waals surface area contributed by atoms with Gasteiger partial charge in [0.1, 0.15) is 0 Å². The van der Waals surface area contributed by atoms with Crippen molar-refractivity contribution in [1.82, 2.24) is 0 Å². The van der Waals surface area contributed by atoms with Crippen molar-refractivity contribution in [2.24, 2.45) is 0 Å². The molecule has 0 amide bonds. The summed E-state index contributed by atoms with van der Waals surface area (Å²) < 4.78 is 63.3. The van der Waals surface area contributed by atoms with Crippen LogP contribution < -0.4 is 0 Å². The molecule has 1 unspecified atom stereocenters. The standard InChI is InChI=1S/C17H15F5O/c1-15(23,11-16(18,19)17(20,21)22)14-9-7-13(8-10-14)12-5-3-2-4-6-12/h2-10,23H,11H2,1H3. The molecule has 2 aromatic carbocycles. The van der Waals surface area contributed by atoms with E-state index in [0.29, 0.717) is 0 Å². The van der Waals surface area contributed by atoms with Crippen LogP contribution in [0.1, 0.15) is 18.9 Å². The van der Waals surface area contributed by atoms with Gasteiger partial charge < -0.3 is 5.11 Å². The Morgan fingerprint density at radius 3 is 1.74 bits per heavy atom. The van der Waals surface area contributed by atoms with Crippen molar-refractivity contribution < 1.29 is 27.1 Å². The molecule has 0 saturated carbocycles. The lowest BCUT2D eigenvalue weighted by molar-refractivity contribution is -0.296. The molecule has 23 heavy (non-hydrogen) atoms. The van der Waals surface area contributed by atoms with Crippen LogP contribution in [0.5, 0.6) is 0 Å². The number of halogens is 5. The quantitative estimate of drug-likeness (QED) is 0.769. The van der Waals surface area contributed by atoms with Crippen molar-refractivity contribution in [2.75, 3.05) is 0 Å². The molecule has 2 rings (SSSR count). The summed E-state index contributed by atoms with van der Waals surface area (Å²) in [6.45, 7) is 0.949. The predicted molar refractivity (Wildman–Crippen MR) is 77.1 cm³/mol. The zero-order valence-corrected chi connectivity index (χ0v) is 12.2. The van der Waals surface area contributed by atoms with Crippen LogP contribution >= 0.6 is 0 Å². The predicted octanol–water partition coefficient (Wildman–Crippen LogP) is 5.15. The highest BCUT2D eigenvalue weighted by Gasteiger charge is 2.59. The highest BCUT2D eigenvalue weighted by Crippen LogP contribution is 2.43. The Labute approximate surface area is 130 Å². The lowest BCUT2D eigenvalue weighted by Gasteiger charge is -2.30. The number of rotatable bonds is 4. The van der Waals surface area contributed by atoms with Crippen molar-refractivity contribution >= 4 is 0 Å². The van der Waals surface area contributed by atoms with E-state index >= 15 is 0 Å². The molecule has 0 aliphatic rings.